The molecular weight excluding hydrogens is 114 g/mol. The molecule has 0 aromatic carbocycles. The molecule has 0 atom stereocenters. The third kappa shape index (κ3) is 7.92. The Bertz CT molecular complexity index is 73.5. The van der Waals surface area contributed by atoms with Crippen molar-refractivity contribution in [2.24, 2.45) is 0 Å². The molecule has 0 N–H and O–H groups in total. The standard InChI is InChI=1S/C7H17NO/c1-7(2,3)9-6-8(4)5/h6H2,1-5H3/q+1. The van der Waals surface area contributed by atoms with Gasteiger partial charge in [-0.2, -0.15) is 4.90 Å². The number of hydrogen-bond donors (Lipinski definition) is 0. The van der Waals surface area contributed by atoms with Crippen LogP contribution in [0.3, 0.4) is 0 Å². The van der Waals surface area contributed by atoms with Gasteiger partial charge >= 0.3 is 0 Å². The predicted octanol–water partition coefficient (Wildman–Crippen LogP) is 1.16. The Labute approximate surface area is 57.8 Å². The summed E-state index contributed by atoms with van der Waals surface area (Å²) in [5.74, 6) is 0. The largest absolute Gasteiger partial charge is 0.322 e. The first-order valence-electron chi connectivity index (χ1n) is 3.20. The molecule has 0 fully saturated rings. The summed E-state index contributed by atoms with van der Waals surface area (Å²) in [6, 6.07) is 0. The van der Waals surface area contributed by atoms with Crippen LogP contribution in [0, 0.1) is 0 Å². The van der Waals surface area contributed by atoms with E-state index in [0.717, 1.165) is 0 Å². The summed E-state index contributed by atoms with van der Waals surface area (Å²) in [5, 5.41) is 0. The van der Waals surface area contributed by atoms with Crippen LogP contribution in [0.1, 0.15) is 20.8 Å². The van der Waals surface area contributed by atoms with Gasteiger partial charge in [0.1, 0.15) is 14.1 Å². The molecule has 2 nitrogen and oxygen atoms in total. The molecule has 2 heteroatoms. The van der Waals surface area contributed by atoms with Crippen LogP contribution in [0.4, 0.5) is 0 Å². The van der Waals surface area contributed by atoms with E-state index < -0.39 is 0 Å². The third-order valence-electron chi connectivity index (χ3n) is 0.756. The zero-order chi connectivity index (χ0) is 7.49. The molecule has 0 aliphatic rings. The molecule has 0 aromatic rings. The smallest absolute Gasteiger partial charge is 0.226 e. The normalized spacial score (nSPS) is 12.7. The van der Waals surface area contributed by atoms with Gasteiger partial charge in [0.15, 0.2) is 0 Å². The van der Waals surface area contributed by atoms with Crippen LogP contribution in [-0.2, 0) is 4.74 Å². The average molecular weight is 131 g/mol. The van der Waals surface area contributed by atoms with Crippen molar-refractivity contribution >= 4 is 0 Å². The van der Waals surface area contributed by atoms with Crippen molar-refractivity contribution in [2.75, 3.05) is 20.8 Å². The lowest BCUT2D eigenvalue weighted by molar-refractivity contribution is -0.0276. The van der Waals surface area contributed by atoms with E-state index in [-0.39, 0.29) is 5.60 Å². The van der Waals surface area contributed by atoms with Crippen LogP contribution in [0.25, 0.3) is 0 Å². The molecule has 0 aromatic heterocycles. The van der Waals surface area contributed by atoms with Gasteiger partial charge in [-0.25, -0.2) is 0 Å². The van der Waals surface area contributed by atoms with Gasteiger partial charge in [-0.1, -0.05) is 0 Å². The van der Waals surface area contributed by atoms with Crippen LogP contribution in [0.15, 0.2) is 0 Å². The Balaban J connectivity index is 3.28. The number of rotatable bonds is 2. The first-order valence-corrected chi connectivity index (χ1v) is 3.20. The van der Waals surface area contributed by atoms with Gasteiger partial charge in [0, 0.05) is 0 Å². The molecule has 0 bridgehead atoms. The maximum absolute atomic E-state index is 5.42. The summed E-state index contributed by atoms with van der Waals surface area (Å²) in [5.41, 5.74) is -0.00965. The zero-order valence-electron chi connectivity index (χ0n) is 7.06. The summed E-state index contributed by atoms with van der Waals surface area (Å²) < 4.78 is 5.42. The second-order valence-electron chi connectivity index (χ2n) is 3.47. The molecule has 0 aliphatic carbocycles. The molecule has 0 aliphatic heterocycles. The van der Waals surface area contributed by atoms with Crippen molar-refractivity contribution in [3.8, 4) is 0 Å². The third-order valence-corrected chi connectivity index (χ3v) is 0.756. The lowest BCUT2D eigenvalue weighted by Gasteiger charge is -2.17. The maximum atomic E-state index is 5.42. The monoisotopic (exact) mass is 131 g/mol. The fourth-order valence-electron chi connectivity index (χ4n) is 0.323. The highest BCUT2D eigenvalue weighted by Crippen LogP contribution is 2.05. The van der Waals surface area contributed by atoms with E-state index in [2.05, 4.69) is 20.8 Å². The SMILES string of the molecule is C[N+](C)COC(C)(C)C. The molecule has 0 spiro atoms. The Morgan fingerprint density at radius 1 is 1.22 bits per heavy atom. The maximum Gasteiger partial charge on any atom is 0.226 e. The summed E-state index contributed by atoms with van der Waals surface area (Å²) in [6.07, 6.45) is 0. The number of hydrogen-bond acceptors (Lipinski definition) is 2. The molecule has 1 radical (unpaired) electrons. The van der Waals surface area contributed by atoms with Crippen LogP contribution in [-0.4, -0.2) is 26.4 Å². The van der Waals surface area contributed by atoms with Crippen molar-refractivity contribution in [3.63, 3.8) is 0 Å². The van der Waals surface area contributed by atoms with Gasteiger partial charge in [0.25, 0.3) is 0 Å². The van der Waals surface area contributed by atoms with E-state index in [0.29, 0.717) is 6.73 Å². The van der Waals surface area contributed by atoms with Gasteiger partial charge < -0.3 is 4.74 Å². The predicted molar refractivity (Wildman–Crippen MR) is 39.7 cm³/mol. The minimum absolute atomic E-state index is 0.00965. The molecular formula is C7H17NO+. The van der Waals surface area contributed by atoms with Gasteiger partial charge in [0.2, 0.25) is 6.73 Å². The minimum Gasteiger partial charge on any atom is -0.322 e. The van der Waals surface area contributed by atoms with Crippen LogP contribution >= 0.6 is 0 Å². The van der Waals surface area contributed by atoms with Gasteiger partial charge in [-0.15, -0.1) is 0 Å². The lowest BCUT2D eigenvalue weighted by atomic mass is 10.2. The van der Waals surface area contributed by atoms with Crippen molar-refractivity contribution in [1.82, 2.24) is 4.90 Å². The van der Waals surface area contributed by atoms with Crippen LogP contribution in [0.5, 0.6) is 0 Å². The van der Waals surface area contributed by atoms with Gasteiger partial charge in [-0.3, -0.25) is 0 Å². The van der Waals surface area contributed by atoms with E-state index in [1.807, 2.05) is 19.0 Å². The fraction of sp³-hybridized carbons (Fsp3) is 1.00. The summed E-state index contributed by atoms with van der Waals surface area (Å²) in [7, 11) is 3.98. The summed E-state index contributed by atoms with van der Waals surface area (Å²) >= 11 is 0. The van der Waals surface area contributed by atoms with E-state index >= 15 is 0 Å². The van der Waals surface area contributed by atoms with E-state index in [1.165, 1.54) is 0 Å². The molecule has 9 heavy (non-hydrogen) atoms. The zero-order valence-corrected chi connectivity index (χ0v) is 7.06. The number of nitrogens with zero attached hydrogens (tertiary/aromatic N) is 1. The average Bonchev–Trinajstić information content (AvgIpc) is 1.59. The topological polar surface area (TPSA) is 15.1 Å². The molecule has 0 unspecified atom stereocenters. The summed E-state index contributed by atoms with van der Waals surface area (Å²) in [6.45, 7) is 6.85. The summed E-state index contributed by atoms with van der Waals surface area (Å²) in [4.78, 5) is 2.01. The van der Waals surface area contributed by atoms with Crippen LogP contribution < -0.4 is 4.90 Å². The molecule has 55 valence electrons. The Hall–Kier alpha value is -0.0800. The molecule has 0 amide bonds. The highest BCUT2D eigenvalue weighted by atomic mass is 16.5. The Morgan fingerprint density at radius 2 is 1.67 bits per heavy atom. The fourth-order valence-corrected chi connectivity index (χ4v) is 0.323. The Kier molecular flexibility index (Phi) is 3.15. The first-order chi connectivity index (χ1) is 3.92. The van der Waals surface area contributed by atoms with Crippen LogP contribution in [0.2, 0.25) is 0 Å². The second kappa shape index (κ2) is 3.18. The second-order valence-corrected chi connectivity index (χ2v) is 3.47. The van der Waals surface area contributed by atoms with E-state index in [9.17, 15) is 0 Å². The highest BCUT2D eigenvalue weighted by molar-refractivity contribution is 4.58. The van der Waals surface area contributed by atoms with E-state index in [1.54, 1.807) is 0 Å². The minimum atomic E-state index is -0.00965. The molecule has 0 heterocycles. The van der Waals surface area contributed by atoms with Crippen molar-refractivity contribution < 1.29 is 4.74 Å². The molecule has 0 saturated carbocycles. The quantitative estimate of drug-likeness (QED) is 0.405. The first kappa shape index (κ1) is 8.92. The van der Waals surface area contributed by atoms with Crippen molar-refractivity contribution in [2.45, 2.75) is 26.4 Å². The Morgan fingerprint density at radius 3 is 1.78 bits per heavy atom. The molecule has 0 saturated heterocycles. The van der Waals surface area contributed by atoms with Crippen molar-refractivity contribution in [1.29, 1.82) is 0 Å². The highest BCUT2D eigenvalue weighted by Gasteiger charge is 2.12. The lowest BCUT2D eigenvalue weighted by Crippen LogP contribution is -2.30. The molecule has 0 rings (SSSR count). The van der Waals surface area contributed by atoms with Crippen molar-refractivity contribution in [3.05, 3.63) is 0 Å². The van der Waals surface area contributed by atoms with Gasteiger partial charge in [-0.05, 0) is 20.8 Å². The number of ether oxygens (including phenoxy) is 1. The van der Waals surface area contributed by atoms with E-state index in [4.69, 9.17) is 4.74 Å². The van der Waals surface area contributed by atoms with Gasteiger partial charge in [0.05, 0.1) is 5.60 Å².